The van der Waals surface area contributed by atoms with Crippen molar-refractivity contribution in [2.24, 2.45) is 0 Å². The van der Waals surface area contributed by atoms with Crippen LogP contribution in [-0.2, 0) is 62.2 Å². The molecule has 9 heterocycles. The molecular weight excluding hydrogens is 1160 g/mol. The van der Waals surface area contributed by atoms with E-state index in [1.165, 1.54) is 31.2 Å². The van der Waals surface area contributed by atoms with Crippen molar-refractivity contribution >= 4 is 23.6 Å². The highest BCUT2D eigenvalue weighted by atomic mass is 19.4. The van der Waals surface area contributed by atoms with Gasteiger partial charge in [-0.25, -0.2) is 0 Å². The van der Waals surface area contributed by atoms with Gasteiger partial charge in [0.2, 0.25) is 5.91 Å². The minimum Gasteiger partial charge on any atom is -0.338 e. The van der Waals surface area contributed by atoms with Gasteiger partial charge in [0.25, 0.3) is 17.7 Å². The molecule has 6 aromatic rings. The van der Waals surface area contributed by atoms with Crippen LogP contribution in [0.3, 0.4) is 0 Å². The molecule has 4 N–H and O–H groups in total. The Kier molecular flexibility index (Phi) is 19.5. The second kappa shape index (κ2) is 27.1. The van der Waals surface area contributed by atoms with Crippen molar-refractivity contribution < 1.29 is 58.7 Å². The fourth-order valence-corrected chi connectivity index (χ4v) is 13.3. The quantitative estimate of drug-likeness (QED) is 0.118. The molecule has 6 aliphatic rings. The number of H-pyrrole nitrogens is 3. The number of nitrogens with one attached hydrogen (secondary N) is 4. The summed E-state index contributed by atoms with van der Waals surface area (Å²) >= 11 is 0. The highest BCUT2D eigenvalue weighted by Gasteiger charge is 2.40. The number of benzene rings is 3. The first kappa shape index (κ1) is 63.5. The third kappa shape index (κ3) is 14.5. The molecule has 16 nitrogen and oxygen atoms in total. The van der Waals surface area contributed by atoms with Gasteiger partial charge in [-0.2, -0.15) is 54.8 Å². The second-order valence-electron chi connectivity index (χ2n) is 23.7. The molecule has 4 amide bonds. The Bertz CT molecular complexity index is 3420. The maximum atomic E-state index is 13.4. The smallest absolute Gasteiger partial charge is 0.338 e. The number of aromatic amines is 3. The molecule has 88 heavy (non-hydrogen) atoms. The van der Waals surface area contributed by atoms with E-state index >= 15 is 0 Å². The molecule has 0 aliphatic carbocycles. The van der Waals surface area contributed by atoms with E-state index < -0.39 is 35.2 Å². The van der Waals surface area contributed by atoms with E-state index in [1.807, 2.05) is 7.05 Å². The molecule has 25 heteroatoms. The summed E-state index contributed by atoms with van der Waals surface area (Å²) in [6.07, 6.45) is -4.85. The lowest BCUT2D eigenvalue weighted by atomic mass is 9.86. The van der Waals surface area contributed by atoms with Crippen LogP contribution in [0.4, 0.5) is 39.5 Å². The van der Waals surface area contributed by atoms with Gasteiger partial charge in [-0.3, -0.25) is 34.5 Å². The molecule has 3 saturated heterocycles. The van der Waals surface area contributed by atoms with Crippen molar-refractivity contribution in [3.8, 4) is 0 Å². The monoisotopic (exact) mass is 1230 g/mol. The van der Waals surface area contributed by atoms with Gasteiger partial charge in [-0.15, -0.1) is 0 Å². The van der Waals surface area contributed by atoms with Crippen LogP contribution in [0, 0.1) is 0 Å². The summed E-state index contributed by atoms with van der Waals surface area (Å²) in [6.45, 7) is 8.14. The maximum absolute atomic E-state index is 13.4. The second-order valence-corrected chi connectivity index (χ2v) is 23.7. The molecule has 0 saturated carbocycles. The summed E-state index contributed by atoms with van der Waals surface area (Å²) < 4.78 is 120. The van der Waals surface area contributed by atoms with Crippen LogP contribution >= 0.6 is 0 Å². The first-order valence-electron chi connectivity index (χ1n) is 30.2. The van der Waals surface area contributed by atoms with Crippen molar-refractivity contribution in [2.75, 3.05) is 66.0 Å². The molecular formula is C63H73F9N12O4. The van der Waals surface area contributed by atoms with Crippen molar-refractivity contribution in [1.82, 2.24) is 60.4 Å². The molecule has 3 fully saturated rings. The first-order chi connectivity index (χ1) is 42.0. The van der Waals surface area contributed by atoms with Crippen LogP contribution in [0.15, 0.2) is 72.8 Å². The van der Waals surface area contributed by atoms with Gasteiger partial charge in [0.1, 0.15) is 0 Å². The van der Waals surface area contributed by atoms with E-state index in [-0.39, 0.29) is 41.4 Å². The van der Waals surface area contributed by atoms with Crippen LogP contribution < -0.4 is 5.32 Å². The van der Waals surface area contributed by atoms with Gasteiger partial charge in [0, 0.05) is 106 Å². The number of alkyl halides is 9. The molecule has 12 rings (SSSR count). The van der Waals surface area contributed by atoms with Crippen molar-refractivity contribution in [1.29, 1.82) is 0 Å². The van der Waals surface area contributed by atoms with Gasteiger partial charge >= 0.3 is 18.5 Å². The predicted molar refractivity (Wildman–Crippen MR) is 308 cm³/mol. The van der Waals surface area contributed by atoms with Crippen molar-refractivity contribution in [3.63, 3.8) is 0 Å². The summed E-state index contributed by atoms with van der Waals surface area (Å²) in [4.78, 5) is 60.0. The third-order valence-corrected chi connectivity index (χ3v) is 18.1. The molecule has 0 bridgehead atoms. The number of hydrogen-bond donors (Lipinski definition) is 4. The number of rotatable bonds is 6. The van der Waals surface area contributed by atoms with Crippen LogP contribution in [0.1, 0.15) is 181 Å². The summed E-state index contributed by atoms with van der Waals surface area (Å²) in [7, 11) is 2.03. The molecule has 6 aliphatic heterocycles. The molecule has 0 radical (unpaired) electrons. The number of nitrogens with zero attached hydrogens (tertiary/aromatic N) is 8. The zero-order chi connectivity index (χ0) is 62.5. The number of amides is 4. The summed E-state index contributed by atoms with van der Waals surface area (Å²) in [6, 6.07) is 17.2. The molecule has 0 unspecified atom stereocenters. The van der Waals surface area contributed by atoms with Crippen LogP contribution in [0.2, 0.25) is 0 Å². The lowest BCUT2D eigenvalue weighted by Gasteiger charge is -2.33. The van der Waals surface area contributed by atoms with E-state index in [9.17, 15) is 58.7 Å². The van der Waals surface area contributed by atoms with Crippen molar-refractivity contribution in [2.45, 2.75) is 140 Å². The van der Waals surface area contributed by atoms with Gasteiger partial charge in [-0.05, 0) is 150 Å². The van der Waals surface area contributed by atoms with Gasteiger partial charge < -0.3 is 29.8 Å². The number of aromatic nitrogens is 6. The normalized spacial score (nSPS) is 18.5. The summed E-state index contributed by atoms with van der Waals surface area (Å²) in [5, 5.41) is 25.0. The predicted octanol–water partition coefficient (Wildman–Crippen LogP) is 11.1. The van der Waals surface area contributed by atoms with Crippen LogP contribution in [-0.4, -0.2) is 145 Å². The number of aryl methyl sites for hydroxylation is 3. The Labute approximate surface area is 504 Å². The lowest BCUT2D eigenvalue weighted by Crippen LogP contribution is -2.39. The zero-order valence-electron chi connectivity index (χ0n) is 49.2. The first-order valence-corrected chi connectivity index (χ1v) is 30.2. The van der Waals surface area contributed by atoms with Gasteiger partial charge in [-0.1, -0.05) is 54.6 Å². The average Bonchev–Trinajstić information content (AvgIpc) is 3.19. The standard InChI is InChI=1S/C22H25F3N4O2.C21H25F3N4O.C20H23F3N4O/c1-14(30)29-10-4-7-19-17(13-29)20(27-26-19)21(31)28-11-8-15(9-12-28)16-5-2-3-6-18(16)22(23,24)25;1-27-10-4-7-18-16(13-27)19(26-25-18)20(29)28-11-8-14(9-12-28)15-5-2-3-6-17(15)21(22,23)24;21-20(22,23)16-5-2-1-4-14(16)13-7-10-27(11-8-13)19(28)18-15-12-24-9-3-6-17(15)25-26-18/h2-3,5-6,15H,4,7-13H2,1H3,(H,26,27);2-3,5-6,14H,4,7-13H2,1H3,(H,25,26);1-2,4-5,13,24H,3,6-12H2,(H,25,26). The number of carbonyl (C=O) groups excluding carboxylic acids is 4. The van der Waals surface area contributed by atoms with E-state index in [0.29, 0.717) is 138 Å². The topological polar surface area (TPSA) is 183 Å². The zero-order valence-corrected chi connectivity index (χ0v) is 49.2. The van der Waals surface area contributed by atoms with E-state index in [2.05, 4.69) is 40.8 Å². The third-order valence-electron chi connectivity index (χ3n) is 18.1. The minimum absolute atomic E-state index is 0.0448. The molecule has 3 aromatic carbocycles. The molecule has 0 atom stereocenters. The Morgan fingerprint density at radius 1 is 0.443 bits per heavy atom. The number of carbonyl (C=O) groups is 4. The largest absolute Gasteiger partial charge is 0.416 e. The van der Waals surface area contributed by atoms with Crippen molar-refractivity contribution in [3.05, 3.63) is 157 Å². The average molecular weight is 1230 g/mol. The minimum atomic E-state index is -4.39. The summed E-state index contributed by atoms with van der Waals surface area (Å²) in [5.74, 6) is -1.17. The van der Waals surface area contributed by atoms with E-state index in [4.69, 9.17) is 0 Å². The van der Waals surface area contributed by atoms with Crippen LogP contribution in [0.25, 0.3) is 0 Å². The Balaban J connectivity index is 0.000000146. The molecule has 3 aromatic heterocycles. The number of piperidine rings is 3. The SMILES string of the molecule is CC(=O)N1CCCc2[nH]nc(C(=O)N3CCC(c4ccccc4C(F)(F)F)CC3)c2C1.CN1CCCc2[nH]nc(C(=O)N3CCC(c4ccccc4C(F)(F)F)CC3)c2C1.O=C(c1n[nH]c2c1CNCCC2)N1CCC(c2ccccc2C(F)(F)F)CC1. The number of halogens is 9. The fraction of sp³-hybridized carbons (Fsp3) is 0.508. The Morgan fingerprint density at radius 3 is 1.17 bits per heavy atom. The number of likely N-dealkylation sites (tertiary alicyclic amines) is 3. The highest BCUT2D eigenvalue weighted by molar-refractivity contribution is 5.95. The van der Waals surface area contributed by atoms with Gasteiger partial charge in [0.05, 0.1) is 16.7 Å². The fourth-order valence-electron chi connectivity index (χ4n) is 13.3. The highest BCUT2D eigenvalue weighted by Crippen LogP contribution is 2.42. The Hall–Kier alpha value is -7.54. The maximum Gasteiger partial charge on any atom is 0.416 e. The van der Waals surface area contributed by atoms with E-state index in [1.54, 1.807) is 49.9 Å². The molecule has 472 valence electrons. The van der Waals surface area contributed by atoms with E-state index in [0.717, 1.165) is 104 Å². The summed E-state index contributed by atoms with van der Waals surface area (Å²) in [5.41, 5.74) is 5.99. The van der Waals surface area contributed by atoms with Gasteiger partial charge in [0.15, 0.2) is 17.1 Å². The Morgan fingerprint density at radius 2 is 0.784 bits per heavy atom. The molecule has 0 spiro atoms. The lowest BCUT2D eigenvalue weighted by molar-refractivity contribution is -0.139. The number of hydrogen-bond acceptors (Lipinski definition) is 9. The number of fused-ring (bicyclic) bond motifs is 3. The van der Waals surface area contributed by atoms with Crippen LogP contribution in [0.5, 0.6) is 0 Å².